The number of hydrogen-bond donors (Lipinski definition) is 4. The largest absolute Gasteiger partial charge is 0.479 e. The average Bonchev–Trinajstić information content (AvgIpc) is 2.52. The Morgan fingerprint density at radius 1 is 1.28 bits per heavy atom. The van der Waals surface area contributed by atoms with Crippen LogP contribution in [0.3, 0.4) is 0 Å². The number of rotatable bonds is 5. The number of aromatic amines is 1. The van der Waals surface area contributed by atoms with E-state index in [0.29, 0.717) is 0 Å². The lowest BCUT2D eigenvalue weighted by Gasteiger charge is -2.13. The smallest absolute Gasteiger partial charge is 0.342 e. The van der Waals surface area contributed by atoms with E-state index in [2.05, 4.69) is 5.92 Å². The number of pyridine rings is 1. The van der Waals surface area contributed by atoms with Crippen LogP contribution in [0.5, 0.6) is 5.75 Å². The summed E-state index contributed by atoms with van der Waals surface area (Å²) >= 11 is 6.05. The zero-order valence-electron chi connectivity index (χ0n) is 12.5. The Bertz CT molecular complexity index is 974. The summed E-state index contributed by atoms with van der Waals surface area (Å²) in [6.45, 7) is -0.0439. The molecule has 2 rings (SSSR count). The SMILES string of the molecule is C#CCOc1ccc(-c2c(C(=O)O)c(N)[nH]c(=O)c2C(=O)O)cc1Cl. The molecule has 0 amide bonds. The minimum atomic E-state index is -1.61. The number of carboxylic acid groups (broad SMARTS) is 2. The molecule has 0 aliphatic heterocycles. The highest BCUT2D eigenvalue weighted by Gasteiger charge is 2.26. The summed E-state index contributed by atoms with van der Waals surface area (Å²) in [7, 11) is 0. The van der Waals surface area contributed by atoms with Crippen molar-refractivity contribution >= 4 is 29.4 Å². The van der Waals surface area contributed by atoms with Crippen LogP contribution in [-0.4, -0.2) is 33.7 Å². The van der Waals surface area contributed by atoms with Crippen LogP contribution < -0.4 is 16.0 Å². The van der Waals surface area contributed by atoms with E-state index in [1.165, 1.54) is 18.2 Å². The number of ether oxygens (including phenoxy) is 1. The molecule has 2 aromatic rings. The van der Waals surface area contributed by atoms with E-state index in [0.717, 1.165) is 0 Å². The van der Waals surface area contributed by atoms with Crippen LogP contribution in [-0.2, 0) is 0 Å². The van der Waals surface area contributed by atoms with Crippen LogP contribution in [0.1, 0.15) is 20.7 Å². The highest BCUT2D eigenvalue weighted by Crippen LogP contribution is 2.34. The minimum absolute atomic E-state index is 0.0439. The first-order chi connectivity index (χ1) is 11.8. The van der Waals surface area contributed by atoms with Gasteiger partial charge in [-0.2, -0.15) is 0 Å². The predicted octanol–water partition coefficient (Wildman–Crippen LogP) is 1.69. The summed E-state index contributed by atoms with van der Waals surface area (Å²) in [6, 6.07) is 4.00. The fraction of sp³-hybridized carbons (Fsp3) is 0.0625. The lowest BCUT2D eigenvalue weighted by atomic mass is 9.95. The van der Waals surface area contributed by atoms with Crippen molar-refractivity contribution in [3.05, 3.63) is 44.7 Å². The van der Waals surface area contributed by atoms with Crippen molar-refractivity contribution < 1.29 is 24.5 Å². The molecule has 0 bridgehead atoms. The fourth-order valence-corrected chi connectivity index (χ4v) is 2.46. The van der Waals surface area contributed by atoms with Crippen molar-refractivity contribution in [2.75, 3.05) is 12.3 Å². The van der Waals surface area contributed by atoms with Crippen molar-refractivity contribution in [1.82, 2.24) is 4.98 Å². The molecule has 1 aromatic carbocycles. The Labute approximate surface area is 145 Å². The standard InChI is InChI=1S/C16H11ClN2O6/c1-2-5-25-9-4-3-7(6-8(9)17)10-11(15(21)22)13(18)19-14(20)12(10)16(23)24/h1,3-4,6H,5H2,(H,21,22)(H,23,24)(H3,18,19,20). The lowest BCUT2D eigenvalue weighted by Crippen LogP contribution is -2.24. The van der Waals surface area contributed by atoms with Gasteiger partial charge in [0.25, 0.3) is 5.56 Å². The van der Waals surface area contributed by atoms with Gasteiger partial charge in [0.15, 0.2) is 0 Å². The van der Waals surface area contributed by atoms with Gasteiger partial charge in [0.1, 0.15) is 29.3 Å². The summed E-state index contributed by atoms with van der Waals surface area (Å²) < 4.78 is 5.19. The van der Waals surface area contributed by atoms with E-state index >= 15 is 0 Å². The fourth-order valence-electron chi connectivity index (χ4n) is 2.23. The van der Waals surface area contributed by atoms with E-state index in [9.17, 15) is 24.6 Å². The van der Waals surface area contributed by atoms with Gasteiger partial charge < -0.3 is 25.7 Å². The molecule has 0 spiro atoms. The van der Waals surface area contributed by atoms with E-state index < -0.39 is 34.4 Å². The molecule has 1 heterocycles. The van der Waals surface area contributed by atoms with Gasteiger partial charge in [-0.25, -0.2) is 9.59 Å². The quantitative estimate of drug-likeness (QED) is 0.592. The van der Waals surface area contributed by atoms with Gasteiger partial charge in [-0.1, -0.05) is 23.6 Å². The molecule has 0 fully saturated rings. The summed E-state index contributed by atoms with van der Waals surface area (Å²) in [5.41, 5.74) is 2.93. The maximum Gasteiger partial charge on any atom is 0.342 e. The van der Waals surface area contributed by atoms with Crippen LogP contribution in [0.15, 0.2) is 23.0 Å². The number of nitrogen functional groups attached to an aromatic ring is 1. The molecule has 0 radical (unpaired) electrons. The topological polar surface area (TPSA) is 143 Å². The minimum Gasteiger partial charge on any atom is -0.479 e. The van der Waals surface area contributed by atoms with Crippen molar-refractivity contribution in [2.45, 2.75) is 0 Å². The first kappa shape index (κ1) is 17.9. The molecule has 5 N–H and O–H groups in total. The van der Waals surface area contributed by atoms with Gasteiger partial charge in [0.05, 0.1) is 5.02 Å². The zero-order valence-corrected chi connectivity index (χ0v) is 13.3. The molecule has 0 aliphatic rings. The third-order valence-corrected chi connectivity index (χ3v) is 3.50. The number of carboxylic acids is 2. The highest BCUT2D eigenvalue weighted by molar-refractivity contribution is 6.32. The maximum absolute atomic E-state index is 12.0. The molecule has 8 nitrogen and oxygen atoms in total. The van der Waals surface area contributed by atoms with Crippen LogP contribution in [0.25, 0.3) is 11.1 Å². The van der Waals surface area contributed by atoms with Crippen molar-refractivity contribution in [1.29, 1.82) is 0 Å². The van der Waals surface area contributed by atoms with Crippen LogP contribution in [0, 0.1) is 12.3 Å². The number of H-pyrrole nitrogens is 1. The molecule has 0 atom stereocenters. The predicted molar refractivity (Wildman–Crippen MR) is 90.2 cm³/mol. The number of nitrogens with one attached hydrogen (secondary N) is 1. The Balaban J connectivity index is 2.80. The lowest BCUT2D eigenvalue weighted by molar-refractivity contribution is 0.0695. The number of benzene rings is 1. The third kappa shape index (κ3) is 3.41. The summed E-state index contributed by atoms with van der Waals surface area (Å²) in [4.78, 5) is 37.0. The van der Waals surface area contributed by atoms with Gasteiger partial charge in [-0.15, -0.1) is 6.42 Å². The van der Waals surface area contributed by atoms with E-state index in [-0.39, 0.29) is 28.5 Å². The van der Waals surface area contributed by atoms with Gasteiger partial charge >= 0.3 is 11.9 Å². The van der Waals surface area contributed by atoms with Gasteiger partial charge in [0, 0.05) is 5.56 Å². The molecule has 0 aliphatic carbocycles. The van der Waals surface area contributed by atoms with E-state index in [1.54, 1.807) is 0 Å². The summed E-state index contributed by atoms with van der Waals surface area (Å²) in [5.74, 6) is -1.11. The van der Waals surface area contributed by atoms with Crippen molar-refractivity contribution in [3.8, 4) is 29.2 Å². The van der Waals surface area contributed by atoms with Crippen LogP contribution in [0.4, 0.5) is 5.82 Å². The van der Waals surface area contributed by atoms with Crippen molar-refractivity contribution in [3.63, 3.8) is 0 Å². The second kappa shape index (κ2) is 6.98. The first-order valence-corrected chi connectivity index (χ1v) is 7.04. The number of aromatic carboxylic acids is 2. The molecular weight excluding hydrogens is 352 g/mol. The molecule has 0 saturated heterocycles. The van der Waals surface area contributed by atoms with Crippen molar-refractivity contribution in [2.24, 2.45) is 0 Å². The third-order valence-electron chi connectivity index (χ3n) is 3.20. The Kier molecular flexibility index (Phi) is 5.00. The second-order valence-electron chi connectivity index (χ2n) is 4.74. The highest BCUT2D eigenvalue weighted by atomic mass is 35.5. The molecule has 1 aromatic heterocycles. The average molecular weight is 363 g/mol. The number of nitrogens with two attached hydrogens (primary N) is 1. The number of hydrogen-bond acceptors (Lipinski definition) is 5. The summed E-state index contributed by atoms with van der Waals surface area (Å²) in [5, 5.41) is 18.7. The maximum atomic E-state index is 12.0. The molecule has 128 valence electrons. The number of terminal acetylenes is 1. The molecular formula is C16H11ClN2O6. The van der Waals surface area contributed by atoms with Gasteiger partial charge in [0.2, 0.25) is 0 Å². The summed E-state index contributed by atoms with van der Waals surface area (Å²) in [6.07, 6.45) is 5.09. The number of aromatic nitrogens is 1. The first-order valence-electron chi connectivity index (χ1n) is 6.66. The Morgan fingerprint density at radius 3 is 2.44 bits per heavy atom. The number of carbonyl (C=O) groups is 2. The normalized spacial score (nSPS) is 10.1. The van der Waals surface area contributed by atoms with E-state index in [4.69, 9.17) is 28.5 Å². The zero-order chi connectivity index (χ0) is 18.7. The number of anilines is 1. The molecule has 25 heavy (non-hydrogen) atoms. The Morgan fingerprint density at radius 2 is 1.92 bits per heavy atom. The van der Waals surface area contributed by atoms with Gasteiger partial charge in [-0.3, -0.25) is 4.79 Å². The molecule has 0 unspecified atom stereocenters. The van der Waals surface area contributed by atoms with E-state index in [1.807, 2.05) is 4.98 Å². The molecule has 0 saturated carbocycles. The van der Waals surface area contributed by atoms with Crippen LogP contribution in [0.2, 0.25) is 5.02 Å². The Hall–Kier alpha value is -3.44. The van der Waals surface area contributed by atoms with Gasteiger partial charge in [-0.05, 0) is 17.7 Å². The monoisotopic (exact) mass is 362 g/mol. The molecule has 9 heteroatoms. The van der Waals surface area contributed by atoms with Crippen LogP contribution >= 0.6 is 11.6 Å². The second-order valence-corrected chi connectivity index (χ2v) is 5.15. The number of halogens is 1.